The van der Waals surface area contributed by atoms with Crippen LogP contribution in [0.5, 0.6) is 0 Å². The Morgan fingerprint density at radius 2 is 2.08 bits per heavy atom. The molecule has 2 atom stereocenters. The van der Waals surface area contributed by atoms with Gasteiger partial charge in [0.05, 0.1) is 23.7 Å². The highest BCUT2D eigenvalue weighted by atomic mass is 32.2. The van der Waals surface area contributed by atoms with Gasteiger partial charge in [0, 0.05) is 25.2 Å². The van der Waals surface area contributed by atoms with E-state index < -0.39 is 0 Å². The number of anilines is 2. The number of rotatable bonds is 5. The summed E-state index contributed by atoms with van der Waals surface area (Å²) in [5.74, 6) is 1.26. The Balaban J connectivity index is 1.57. The van der Waals surface area contributed by atoms with E-state index in [4.69, 9.17) is 9.26 Å². The monoisotopic (exact) mass is 363 g/mol. The van der Waals surface area contributed by atoms with Crippen molar-refractivity contribution in [2.45, 2.75) is 38.0 Å². The molecule has 3 rings (SSSR count). The van der Waals surface area contributed by atoms with Gasteiger partial charge in [-0.2, -0.15) is 0 Å². The van der Waals surface area contributed by atoms with Crippen molar-refractivity contribution in [3.05, 3.63) is 24.2 Å². The molecule has 1 N–H and O–H groups in total. The lowest BCUT2D eigenvalue weighted by molar-refractivity contribution is -0.113. The van der Waals surface area contributed by atoms with Crippen LogP contribution in [0.25, 0.3) is 0 Å². The number of hydrogen-bond acceptors (Lipinski definition) is 8. The predicted molar refractivity (Wildman–Crippen MR) is 94.8 cm³/mol. The minimum Gasteiger partial charge on any atom is -0.372 e. The molecular weight excluding hydrogens is 342 g/mol. The van der Waals surface area contributed by atoms with E-state index in [1.807, 2.05) is 6.07 Å². The summed E-state index contributed by atoms with van der Waals surface area (Å²) in [4.78, 5) is 22.7. The van der Waals surface area contributed by atoms with Crippen molar-refractivity contribution in [2.24, 2.45) is 0 Å². The van der Waals surface area contributed by atoms with Gasteiger partial charge in [-0.15, -0.1) is 0 Å². The Morgan fingerprint density at radius 3 is 2.76 bits per heavy atom. The maximum atomic E-state index is 12.0. The van der Waals surface area contributed by atoms with Crippen molar-refractivity contribution in [1.29, 1.82) is 0 Å². The minimum atomic E-state index is -0.171. The van der Waals surface area contributed by atoms with E-state index in [0.29, 0.717) is 5.88 Å². The van der Waals surface area contributed by atoms with E-state index in [1.165, 1.54) is 18.1 Å². The molecule has 2 unspecified atom stereocenters. The van der Waals surface area contributed by atoms with Gasteiger partial charge in [-0.3, -0.25) is 10.1 Å². The Kier molecular flexibility index (Phi) is 5.54. The van der Waals surface area contributed by atoms with Crippen molar-refractivity contribution >= 4 is 29.4 Å². The molecule has 134 valence electrons. The number of morpholine rings is 1. The summed E-state index contributed by atoms with van der Waals surface area (Å²) in [6.45, 7) is 7.47. The van der Waals surface area contributed by atoms with Gasteiger partial charge in [0.15, 0.2) is 0 Å². The molecule has 0 radical (unpaired) electrons. The zero-order valence-corrected chi connectivity index (χ0v) is 15.2. The van der Waals surface area contributed by atoms with Crippen LogP contribution in [0.2, 0.25) is 0 Å². The van der Waals surface area contributed by atoms with E-state index in [9.17, 15) is 4.79 Å². The van der Waals surface area contributed by atoms with E-state index in [1.54, 1.807) is 13.0 Å². The number of aryl methyl sites for hydroxylation is 1. The van der Waals surface area contributed by atoms with Crippen molar-refractivity contribution in [2.75, 3.05) is 29.1 Å². The van der Waals surface area contributed by atoms with Crippen LogP contribution in [0.4, 0.5) is 11.7 Å². The molecule has 0 spiro atoms. The highest BCUT2D eigenvalue weighted by Gasteiger charge is 2.23. The second-order valence-corrected chi connectivity index (χ2v) is 7.04. The number of nitrogens with one attached hydrogen (secondary N) is 1. The summed E-state index contributed by atoms with van der Waals surface area (Å²) in [6.07, 6.45) is 1.84. The molecule has 2 aromatic heterocycles. The molecule has 1 aliphatic heterocycles. The first-order chi connectivity index (χ1) is 12.0. The smallest absolute Gasteiger partial charge is 0.237 e. The number of ether oxygens (including phenoxy) is 1. The molecule has 2 aromatic rings. The molecule has 9 heteroatoms. The molecule has 1 aliphatic rings. The lowest BCUT2D eigenvalue weighted by Crippen LogP contribution is -2.45. The maximum Gasteiger partial charge on any atom is 0.237 e. The lowest BCUT2D eigenvalue weighted by Gasteiger charge is -2.36. The van der Waals surface area contributed by atoms with Gasteiger partial charge >= 0.3 is 0 Å². The van der Waals surface area contributed by atoms with Gasteiger partial charge < -0.3 is 14.2 Å². The normalized spacial score (nSPS) is 20.5. The SMILES string of the molecule is Cc1cc(NC(=O)CSc2cc(N3CC(C)OC(C)C3)ncn2)on1. The fraction of sp³-hybridized carbons (Fsp3) is 0.500. The van der Waals surface area contributed by atoms with Crippen LogP contribution in [-0.2, 0) is 9.53 Å². The van der Waals surface area contributed by atoms with Crippen LogP contribution < -0.4 is 10.2 Å². The number of thioether (sulfide) groups is 1. The first kappa shape index (κ1) is 17.7. The topological polar surface area (TPSA) is 93.4 Å². The first-order valence-electron chi connectivity index (χ1n) is 8.08. The number of carbonyl (C=O) groups excluding carboxylic acids is 1. The Hall–Kier alpha value is -2.13. The number of nitrogens with zero attached hydrogens (tertiary/aromatic N) is 4. The van der Waals surface area contributed by atoms with Crippen molar-refractivity contribution in [1.82, 2.24) is 15.1 Å². The van der Waals surface area contributed by atoms with Gasteiger partial charge in [0.1, 0.15) is 17.2 Å². The minimum absolute atomic E-state index is 0.158. The second kappa shape index (κ2) is 7.83. The van der Waals surface area contributed by atoms with Crippen LogP contribution in [0.15, 0.2) is 28.0 Å². The third kappa shape index (κ3) is 4.93. The number of amides is 1. The average molecular weight is 363 g/mol. The standard InChI is InChI=1S/C16H21N5O3S/c1-10-4-15(24-20-10)19-14(22)8-25-16-5-13(17-9-18-16)21-6-11(2)23-12(3)7-21/h4-5,9,11-12H,6-8H2,1-3H3,(H,19,22). The van der Waals surface area contributed by atoms with E-state index in [2.05, 4.69) is 39.2 Å². The van der Waals surface area contributed by atoms with Crippen LogP contribution in [0.1, 0.15) is 19.5 Å². The van der Waals surface area contributed by atoms with Crippen LogP contribution in [-0.4, -0.2) is 52.1 Å². The van der Waals surface area contributed by atoms with Gasteiger partial charge in [0.25, 0.3) is 0 Å². The molecule has 0 saturated carbocycles. The highest BCUT2D eigenvalue weighted by Crippen LogP contribution is 2.23. The van der Waals surface area contributed by atoms with Crippen molar-refractivity contribution < 1.29 is 14.1 Å². The summed E-state index contributed by atoms with van der Waals surface area (Å²) < 4.78 is 10.7. The number of hydrogen-bond donors (Lipinski definition) is 1. The molecule has 0 aliphatic carbocycles. The van der Waals surface area contributed by atoms with Crippen molar-refractivity contribution in [3.63, 3.8) is 0 Å². The Morgan fingerprint density at radius 1 is 1.32 bits per heavy atom. The van der Waals surface area contributed by atoms with Crippen LogP contribution in [0.3, 0.4) is 0 Å². The van der Waals surface area contributed by atoms with Gasteiger partial charge in [0.2, 0.25) is 11.8 Å². The molecule has 0 aromatic carbocycles. The largest absolute Gasteiger partial charge is 0.372 e. The molecule has 25 heavy (non-hydrogen) atoms. The summed E-state index contributed by atoms with van der Waals surface area (Å²) >= 11 is 1.35. The Labute approximate surface area is 150 Å². The zero-order chi connectivity index (χ0) is 17.8. The first-order valence-corrected chi connectivity index (χ1v) is 9.06. The molecule has 3 heterocycles. The number of aromatic nitrogens is 3. The molecule has 1 saturated heterocycles. The van der Waals surface area contributed by atoms with E-state index >= 15 is 0 Å². The second-order valence-electron chi connectivity index (χ2n) is 6.05. The fourth-order valence-electron chi connectivity index (χ4n) is 2.68. The predicted octanol–water partition coefficient (Wildman–Crippen LogP) is 2.12. The zero-order valence-electron chi connectivity index (χ0n) is 14.4. The highest BCUT2D eigenvalue weighted by molar-refractivity contribution is 7.99. The molecule has 1 amide bonds. The van der Waals surface area contributed by atoms with Gasteiger partial charge in [-0.1, -0.05) is 16.9 Å². The molecule has 1 fully saturated rings. The quantitative estimate of drug-likeness (QED) is 0.638. The third-order valence-electron chi connectivity index (χ3n) is 3.61. The lowest BCUT2D eigenvalue weighted by atomic mass is 10.2. The Bertz CT molecular complexity index is 728. The third-order valence-corrected chi connectivity index (χ3v) is 4.54. The van der Waals surface area contributed by atoms with Crippen LogP contribution >= 0.6 is 11.8 Å². The van der Waals surface area contributed by atoms with Crippen molar-refractivity contribution in [3.8, 4) is 0 Å². The van der Waals surface area contributed by atoms with Gasteiger partial charge in [-0.25, -0.2) is 9.97 Å². The number of carbonyl (C=O) groups is 1. The molecular formula is C16H21N5O3S. The van der Waals surface area contributed by atoms with E-state index in [0.717, 1.165) is 29.6 Å². The molecule has 0 bridgehead atoms. The summed E-state index contributed by atoms with van der Waals surface area (Å²) in [5, 5.41) is 7.14. The summed E-state index contributed by atoms with van der Waals surface area (Å²) in [7, 11) is 0. The summed E-state index contributed by atoms with van der Waals surface area (Å²) in [6, 6.07) is 3.58. The van der Waals surface area contributed by atoms with Gasteiger partial charge in [-0.05, 0) is 20.8 Å². The summed E-state index contributed by atoms with van der Waals surface area (Å²) in [5.41, 5.74) is 0.720. The van der Waals surface area contributed by atoms with E-state index in [-0.39, 0.29) is 23.9 Å². The van der Waals surface area contributed by atoms with Crippen LogP contribution in [0, 0.1) is 6.92 Å². The fourth-order valence-corrected chi connectivity index (χ4v) is 3.34. The maximum absolute atomic E-state index is 12.0. The average Bonchev–Trinajstić information content (AvgIpc) is 2.97. The molecule has 8 nitrogen and oxygen atoms in total.